The second-order valence-corrected chi connectivity index (χ2v) is 6.75. The van der Waals surface area contributed by atoms with E-state index >= 15 is 0 Å². The molecule has 2 rings (SSSR count). The van der Waals surface area contributed by atoms with Crippen LogP contribution in [0.25, 0.3) is 10.2 Å². The molecule has 2 aromatic rings. The van der Waals surface area contributed by atoms with Crippen molar-refractivity contribution >= 4 is 33.4 Å². The van der Waals surface area contributed by atoms with Gasteiger partial charge in [-0.3, -0.25) is 9.59 Å². The molecule has 0 aliphatic carbocycles. The van der Waals surface area contributed by atoms with Crippen molar-refractivity contribution < 1.29 is 14.7 Å². The highest BCUT2D eigenvalue weighted by atomic mass is 32.1. The van der Waals surface area contributed by atoms with Crippen LogP contribution in [0.3, 0.4) is 0 Å². The molecule has 0 aliphatic rings. The number of benzene rings is 1. The maximum atomic E-state index is 12.6. The van der Waals surface area contributed by atoms with Crippen LogP contribution in [-0.4, -0.2) is 28.5 Å². The lowest BCUT2D eigenvalue weighted by molar-refractivity contribution is -0.137. The minimum Gasteiger partial charge on any atom is -0.481 e. The van der Waals surface area contributed by atoms with E-state index in [9.17, 15) is 9.59 Å². The normalized spacial score (nSPS) is 11.6. The van der Waals surface area contributed by atoms with Crippen LogP contribution < -0.4 is 5.32 Å². The smallest absolute Gasteiger partial charge is 0.305 e. The number of fused-ring (bicyclic) bond motifs is 1. The number of para-hydroxylation sites is 1. The predicted octanol–water partition coefficient (Wildman–Crippen LogP) is 3.24. The Morgan fingerprint density at radius 3 is 2.57 bits per heavy atom. The van der Waals surface area contributed by atoms with Gasteiger partial charge in [0.1, 0.15) is 0 Å². The van der Waals surface area contributed by atoms with Gasteiger partial charge in [-0.15, -0.1) is 11.3 Å². The van der Waals surface area contributed by atoms with Gasteiger partial charge in [0.15, 0.2) is 0 Å². The summed E-state index contributed by atoms with van der Waals surface area (Å²) < 4.78 is 1.12. The lowest BCUT2D eigenvalue weighted by Gasteiger charge is -2.29. The number of hydrogen-bond acceptors (Lipinski definition) is 4. The second-order valence-electron chi connectivity index (χ2n) is 5.64. The second kappa shape index (κ2) is 7.55. The van der Waals surface area contributed by atoms with E-state index in [1.807, 2.05) is 38.1 Å². The van der Waals surface area contributed by atoms with Crippen LogP contribution in [-0.2, 0) is 16.0 Å². The Morgan fingerprint density at radius 2 is 1.96 bits per heavy atom. The number of carbonyl (C=O) groups is 2. The third-order valence-corrected chi connectivity index (χ3v) is 5.32. The number of aromatic nitrogens is 1. The number of nitrogens with one attached hydrogen (secondary N) is 1. The number of thiazole rings is 1. The van der Waals surface area contributed by atoms with Gasteiger partial charge < -0.3 is 10.4 Å². The van der Waals surface area contributed by atoms with Gasteiger partial charge in [-0.25, -0.2) is 4.98 Å². The molecule has 2 N–H and O–H groups in total. The molecule has 0 radical (unpaired) electrons. The van der Waals surface area contributed by atoms with Crippen LogP contribution in [0.5, 0.6) is 0 Å². The van der Waals surface area contributed by atoms with E-state index in [4.69, 9.17) is 5.11 Å². The van der Waals surface area contributed by atoms with Crippen molar-refractivity contribution in [3.8, 4) is 0 Å². The molecule has 6 heteroatoms. The summed E-state index contributed by atoms with van der Waals surface area (Å²) in [6.45, 7) is 4.15. The van der Waals surface area contributed by atoms with E-state index in [2.05, 4.69) is 10.3 Å². The molecule has 5 nitrogen and oxygen atoms in total. The van der Waals surface area contributed by atoms with Crippen molar-refractivity contribution in [2.45, 2.75) is 39.5 Å². The van der Waals surface area contributed by atoms with Crippen molar-refractivity contribution in [1.82, 2.24) is 10.3 Å². The summed E-state index contributed by atoms with van der Waals surface area (Å²) in [5.41, 5.74) is 0.423. The summed E-state index contributed by atoms with van der Waals surface area (Å²) in [7, 11) is 0. The van der Waals surface area contributed by atoms with Crippen molar-refractivity contribution in [2.75, 3.05) is 6.54 Å². The highest BCUT2D eigenvalue weighted by molar-refractivity contribution is 7.18. The van der Waals surface area contributed by atoms with Crippen LogP contribution in [0, 0.1) is 5.41 Å². The first kappa shape index (κ1) is 17.4. The molecule has 1 amide bonds. The third-order valence-electron chi connectivity index (χ3n) is 4.29. The van der Waals surface area contributed by atoms with Crippen molar-refractivity contribution in [1.29, 1.82) is 0 Å². The summed E-state index contributed by atoms with van der Waals surface area (Å²) in [5, 5.41) is 12.4. The molecule has 23 heavy (non-hydrogen) atoms. The summed E-state index contributed by atoms with van der Waals surface area (Å²) in [6.07, 6.45) is 1.91. The summed E-state index contributed by atoms with van der Waals surface area (Å²) in [5.74, 6) is -0.988. The molecule has 1 aromatic carbocycles. The monoisotopic (exact) mass is 334 g/mol. The van der Waals surface area contributed by atoms with Crippen molar-refractivity contribution in [2.24, 2.45) is 5.41 Å². The SMILES string of the molecule is CCC(CC)(Cc1nc2ccccc2s1)C(=O)NCCC(=O)O. The molecule has 1 heterocycles. The molecule has 1 aromatic heterocycles. The third kappa shape index (κ3) is 4.07. The number of hydrogen-bond donors (Lipinski definition) is 2. The maximum Gasteiger partial charge on any atom is 0.305 e. The van der Waals surface area contributed by atoms with Gasteiger partial charge in [-0.2, -0.15) is 0 Å². The highest BCUT2D eigenvalue weighted by Crippen LogP contribution is 2.34. The highest BCUT2D eigenvalue weighted by Gasteiger charge is 2.35. The molecule has 0 aliphatic heterocycles. The van der Waals surface area contributed by atoms with Gasteiger partial charge in [0.2, 0.25) is 5.91 Å². The molecular weight excluding hydrogens is 312 g/mol. The maximum absolute atomic E-state index is 12.6. The van der Waals surface area contributed by atoms with Crippen LogP contribution in [0.4, 0.5) is 0 Å². The number of rotatable bonds is 8. The largest absolute Gasteiger partial charge is 0.481 e. The molecule has 0 atom stereocenters. The summed E-state index contributed by atoms with van der Waals surface area (Å²) >= 11 is 1.62. The van der Waals surface area contributed by atoms with Crippen LogP contribution in [0.2, 0.25) is 0 Å². The van der Waals surface area contributed by atoms with E-state index in [0.717, 1.165) is 15.2 Å². The molecule has 0 saturated heterocycles. The van der Waals surface area contributed by atoms with E-state index in [1.54, 1.807) is 11.3 Å². The average Bonchev–Trinajstić information content (AvgIpc) is 2.94. The first-order chi connectivity index (χ1) is 11.0. The number of nitrogens with zero attached hydrogens (tertiary/aromatic N) is 1. The lowest BCUT2D eigenvalue weighted by Crippen LogP contribution is -2.42. The van der Waals surface area contributed by atoms with Gasteiger partial charge in [-0.05, 0) is 25.0 Å². The quantitative estimate of drug-likeness (QED) is 0.777. The number of carboxylic acids is 1. The zero-order valence-electron chi connectivity index (χ0n) is 13.5. The van der Waals surface area contributed by atoms with E-state index in [0.29, 0.717) is 19.3 Å². The van der Waals surface area contributed by atoms with Crippen molar-refractivity contribution in [3.63, 3.8) is 0 Å². The Morgan fingerprint density at radius 1 is 1.26 bits per heavy atom. The van der Waals surface area contributed by atoms with E-state index in [1.165, 1.54) is 0 Å². The molecule has 0 fully saturated rings. The Labute approximate surface area is 139 Å². The zero-order chi connectivity index (χ0) is 16.9. The number of carbonyl (C=O) groups excluding carboxylic acids is 1. The molecule has 0 spiro atoms. The van der Waals surface area contributed by atoms with Crippen LogP contribution in [0.15, 0.2) is 24.3 Å². The first-order valence-corrected chi connectivity index (χ1v) is 8.67. The molecule has 124 valence electrons. The summed E-state index contributed by atoms with van der Waals surface area (Å²) in [4.78, 5) is 27.8. The van der Waals surface area contributed by atoms with Gasteiger partial charge in [-0.1, -0.05) is 26.0 Å². The Bertz CT molecular complexity index is 659. The lowest BCUT2D eigenvalue weighted by atomic mass is 9.78. The molecule has 0 saturated carbocycles. The standard InChI is InChI=1S/C17H22N2O3S/c1-3-17(4-2,16(22)18-10-9-15(20)21)11-14-19-12-7-5-6-8-13(12)23-14/h5-8H,3-4,9-11H2,1-2H3,(H,18,22)(H,20,21). The molecule has 0 unspecified atom stereocenters. The number of aliphatic carboxylic acids is 1. The van der Waals surface area contributed by atoms with Gasteiger partial charge in [0.25, 0.3) is 0 Å². The predicted molar refractivity (Wildman–Crippen MR) is 91.6 cm³/mol. The fraction of sp³-hybridized carbons (Fsp3) is 0.471. The summed E-state index contributed by atoms with van der Waals surface area (Å²) in [6, 6.07) is 7.94. The Balaban J connectivity index is 2.15. The molecular formula is C17H22N2O3S. The van der Waals surface area contributed by atoms with E-state index < -0.39 is 11.4 Å². The first-order valence-electron chi connectivity index (χ1n) is 7.85. The van der Waals surface area contributed by atoms with Crippen LogP contribution >= 0.6 is 11.3 Å². The molecule has 0 bridgehead atoms. The van der Waals surface area contributed by atoms with Crippen molar-refractivity contribution in [3.05, 3.63) is 29.3 Å². The van der Waals surface area contributed by atoms with Gasteiger partial charge >= 0.3 is 5.97 Å². The minimum atomic E-state index is -0.907. The average molecular weight is 334 g/mol. The van der Waals surface area contributed by atoms with Gasteiger partial charge in [0, 0.05) is 13.0 Å². The van der Waals surface area contributed by atoms with Gasteiger partial charge in [0.05, 0.1) is 27.1 Å². The topological polar surface area (TPSA) is 79.3 Å². The van der Waals surface area contributed by atoms with Crippen LogP contribution in [0.1, 0.15) is 38.1 Å². The zero-order valence-corrected chi connectivity index (χ0v) is 14.3. The minimum absolute atomic E-state index is 0.0591. The Hall–Kier alpha value is -1.95. The fourth-order valence-electron chi connectivity index (χ4n) is 2.66. The number of amides is 1. The van der Waals surface area contributed by atoms with E-state index in [-0.39, 0.29) is 18.9 Å². The fourth-order valence-corrected chi connectivity index (χ4v) is 3.77. The number of carboxylic acid groups (broad SMARTS) is 1. The Kier molecular flexibility index (Phi) is 5.71.